The first-order chi connectivity index (χ1) is 14.7. The van der Waals surface area contributed by atoms with Gasteiger partial charge in [0.1, 0.15) is 23.7 Å². The van der Waals surface area contributed by atoms with Gasteiger partial charge in [-0.05, 0) is 61.7 Å². The Morgan fingerprint density at radius 1 is 1.07 bits per heavy atom. The van der Waals surface area contributed by atoms with Crippen molar-refractivity contribution in [3.05, 3.63) is 75.6 Å². The number of benzene rings is 2. The predicted molar refractivity (Wildman–Crippen MR) is 123 cm³/mol. The maximum Gasteiger partial charge on any atom is 0.196 e. The molecule has 1 aliphatic rings. The van der Waals surface area contributed by atoms with Crippen molar-refractivity contribution in [2.75, 3.05) is 26.2 Å². The fourth-order valence-electron chi connectivity index (χ4n) is 4.08. The van der Waals surface area contributed by atoms with Crippen LogP contribution in [-0.4, -0.2) is 31.1 Å². The second-order valence-electron chi connectivity index (χ2n) is 7.71. The zero-order chi connectivity index (χ0) is 20.9. The van der Waals surface area contributed by atoms with Crippen LogP contribution in [0, 0.1) is 0 Å². The molecule has 0 amide bonds. The molecule has 0 aliphatic heterocycles. The normalized spacial score (nSPS) is 15.0. The van der Waals surface area contributed by atoms with Gasteiger partial charge in [-0.2, -0.15) is 0 Å². The van der Waals surface area contributed by atoms with E-state index in [0.29, 0.717) is 17.6 Å². The molecule has 0 fully saturated rings. The highest BCUT2D eigenvalue weighted by atomic mass is 16.5. The summed E-state index contributed by atoms with van der Waals surface area (Å²) in [5.41, 5.74) is 3.69. The molecule has 156 valence electrons. The molecule has 4 rings (SSSR count). The van der Waals surface area contributed by atoms with Gasteiger partial charge in [-0.15, -0.1) is 0 Å². The van der Waals surface area contributed by atoms with Gasteiger partial charge < -0.3 is 14.1 Å². The Bertz CT molecular complexity index is 1090. The third-order valence-corrected chi connectivity index (χ3v) is 5.83. The maximum atomic E-state index is 13.1. The maximum absolute atomic E-state index is 13.1. The van der Waals surface area contributed by atoms with Crippen LogP contribution in [0.5, 0.6) is 5.75 Å². The third kappa shape index (κ3) is 4.34. The fraction of sp³-hybridized carbons (Fsp3) is 0.346. The lowest BCUT2D eigenvalue weighted by molar-refractivity contribution is 0.223. The van der Waals surface area contributed by atoms with E-state index in [0.717, 1.165) is 67.1 Å². The van der Waals surface area contributed by atoms with Gasteiger partial charge in [0, 0.05) is 18.2 Å². The van der Waals surface area contributed by atoms with Crippen molar-refractivity contribution in [1.29, 1.82) is 0 Å². The van der Waals surface area contributed by atoms with Crippen LogP contribution < -0.4 is 10.2 Å². The summed E-state index contributed by atoms with van der Waals surface area (Å²) in [6.07, 6.45) is 4.78. The second-order valence-corrected chi connectivity index (χ2v) is 7.71. The highest BCUT2D eigenvalue weighted by Gasteiger charge is 2.22. The number of nitrogens with zero attached hydrogens (tertiary/aromatic N) is 1. The van der Waals surface area contributed by atoms with Crippen molar-refractivity contribution in [2.45, 2.75) is 33.1 Å². The zero-order valence-corrected chi connectivity index (χ0v) is 17.8. The Labute approximate surface area is 177 Å². The number of likely N-dealkylation sites (N-methyl/N-ethyl adjacent to an activating group) is 1. The zero-order valence-electron chi connectivity index (χ0n) is 17.8. The summed E-state index contributed by atoms with van der Waals surface area (Å²) in [6, 6.07) is 15.8. The molecule has 0 unspecified atom stereocenters. The van der Waals surface area contributed by atoms with Gasteiger partial charge in [0.15, 0.2) is 5.43 Å². The van der Waals surface area contributed by atoms with E-state index in [1.807, 2.05) is 36.4 Å². The summed E-state index contributed by atoms with van der Waals surface area (Å²) in [4.78, 5) is 15.4. The smallest absolute Gasteiger partial charge is 0.196 e. The van der Waals surface area contributed by atoms with Gasteiger partial charge in [0.25, 0.3) is 0 Å². The number of hydrogen-bond donors (Lipinski definition) is 0. The number of hydrogen-bond acceptors (Lipinski definition) is 4. The molecule has 4 nitrogen and oxygen atoms in total. The molecular formula is C26H29NO3. The van der Waals surface area contributed by atoms with E-state index < -0.39 is 0 Å². The summed E-state index contributed by atoms with van der Waals surface area (Å²) in [7, 11) is 0. The SMILES string of the molecule is CCN(CC)CCOc1ccc2c(=O)c3c(oc2c1)/C(=C\c1ccccc1)CCC3. The van der Waals surface area contributed by atoms with E-state index in [-0.39, 0.29) is 5.43 Å². The van der Waals surface area contributed by atoms with Crippen LogP contribution in [0.15, 0.2) is 57.7 Å². The first-order valence-electron chi connectivity index (χ1n) is 10.9. The van der Waals surface area contributed by atoms with Gasteiger partial charge in [0.05, 0.1) is 5.39 Å². The molecule has 0 N–H and O–H groups in total. The van der Waals surface area contributed by atoms with Gasteiger partial charge in [-0.25, -0.2) is 0 Å². The first-order valence-corrected chi connectivity index (χ1v) is 10.9. The van der Waals surface area contributed by atoms with Crippen molar-refractivity contribution < 1.29 is 9.15 Å². The minimum absolute atomic E-state index is 0.0830. The largest absolute Gasteiger partial charge is 0.492 e. The molecule has 1 aromatic heterocycles. The lowest BCUT2D eigenvalue weighted by Gasteiger charge is -2.19. The van der Waals surface area contributed by atoms with Crippen molar-refractivity contribution in [3.8, 4) is 5.75 Å². The van der Waals surface area contributed by atoms with Crippen LogP contribution in [0.4, 0.5) is 0 Å². The molecule has 0 atom stereocenters. The monoisotopic (exact) mass is 403 g/mol. The van der Waals surface area contributed by atoms with Crippen molar-refractivity contribution >= 4 is 22.6 Å². The van der Waals surface area contributed by atoms with E-state index in [1.54, 1.807) is 0 Å². The van der Waals surface area contributed by atoms with Gasteiger partial charge in [0.2, 0.25) is 0 Å². The van der Waals surface area contributed by atoms with Crippen LogP contribution in [0.1, 0.15) is 43.6 Å². The van der Waals surface area contributed by atoms with Crippen molar-refractivity contribution in [2.24, 2.45) is 0 Å². The number of ether oxygens (including phenoxy) is 1. The Morgan fingerprint density at radius 3 is 2.63 bits per heavy atom. The molecule has 30 heavy (non-hydrogen) atoms. The fourth-order valence-corrected chi connectivity index (χ4v) is 4.08. The summed E-state index contributed by atoms with van der Waals surface area (Å²) < 4.78 is 12.2. The average Bonchev–Trinajstić information content (AvgIpc) is 2.78. The van der Waals surface area contributed by atoms with Crippen molar-refractivity contribution in [3.63, 3.8) is 0 Å². The van der Waals surface area contributed by atoms with Gasteiger partial charge in [-0.1, -0.05) is 44.2 Å². The summed E-state index contributed by atoms with van der Waals surface area (Å²) in [5.74, 6) is 1.48. The highest BCUT2D eigenvalue weighted by molar-refractivity contribution is 5.86. The Hall–Kier alpha value is -2.85. The van der Waals surface area contributed by atoms with Crippen LogP contribution in [0.2, 0.25) is 0 Å². The molecule has 1 aliphatic carbocycles. The summed E-state index contributed by atoms with van der Waals surface area (Å²) in [5, 5.41) is 0.630. The molecule has 0 radical (unpaired) electrons. The number of allylic oxidation sites excluding steroid dienone is 1. The van der Waals surface area contributed by atoms with E-state index in [4.69, 9.17) is 9.15 Å². The van der Waals surface area contributed by atoms with E-state index >= 15 is 0 Å². The van der Waals surface area contributed by atoms with E-state index in [9.17, 15) is 4.79 Å². The van der Waals surface area contributed by atoms with Gasteiger partial charge >= 0.3 is 0 Å². The second kappa shape index (κ2) is 9.31. The summed E-state index contributed by atoms with van der Waals surface area (Å²) >= 11 is 0. The lowest BCUT2D eigenvalue weighted by Crippen LogP contribution is -2.27. The predicted octanol–water partition coefficient (Wildman–Crippen LogP) is 5.39. The molecule has 0 saturated carbocycles. The van der Waals surface area contributed by atoms with E-state index in [1.165, 1.54) is 0 Å². The quantitative estimate of drug-likeness (QED) is 0.530. The topological polar surface area (TPSA) is 42.7 Å². The van der Waals surface area contributed by atoms with Crippen molar-refractivity contribution in [1.82, 2.24) is 4.90 Å². The Morgan fingerprint density at radius 2 is 1.87 bits per heavy atom. The molecule has 4 heteroatoms. The third-order valence-electron chi connectivity index (χ3n) is 5.83. The molecule has 3 aromatic rings. The highest BCUT2D eigenvalue weighted by Crippen LogP contribution is 2.33. The van der Waals surface area contributed by atoms with Gasteiger partial charge in [-0.3, -0.25) is 4.79 Å². The summed E-state index contributed by atoms with van der Waals surface area (Å²) in [6.45, 7) is 7.81. The number of fused-ring (bicyclic) bond motifs is 2. The van der Waals surface area contributed by atoms with Crippen LogP contribution >= 0.6 is 0 Å². The minimum Gasteiger partial charge on any atom is -0.492 e. The molecule has 0 spiro atoms. The first kappa shape index (κ1) is 20.4. The van der Waals surface area contributed by atoms with Crippen LogP contribution in [0.25, 0.3) is 22.6 Å². The molecular weight excluding hydrogens is 374 g/mol. The molecule has 0 saturated heterocycles. The Balaban J connectivity index is 1.66. The molecule has 0 bridgehead atoms. The molecule has 1 heterocycles. The number of rotatable bonds is 7. The molecule has 2 aromatic carbocycles. The lowest BCUT2D eigenvalue weighted by atomic mass is 9.90. The van der Waals surface area contributed by atoms with Crippen LogP contribution in [-0.2, 0) is 6.42 Å². The van der Waals surface area contributed by atoms with E-state index in [2.05, 4.69) is 37.0 Å². The standard InChI is InChI=1S/C26H29NO3/c1-3-27(4-2)15-16-29-21-13-14-22-24(18-21)30-26-20(11-8-12-23(26)25(22)28)17-19-9-6-5-7-10-19/h5-7,9-10,13-14,17-18H,3-4,8,11-12,15-16H2,1-2H3/b20-17-. The average molecular weight is 404 g/mol. The Kier molecular flexibility index (Phi) is 6.34. The van der Waals surface area contributed by atoms with Crippen LogP contribution in [0.3, 0.4) is 0 Å². The minimum atomic E-state index is 0.0830.